The highest BCUT2D eigenvalue weighted by Gasteiger charge is 2.23. The molecule has 1 aromatic carbocycles. The minimum Gasteiger partial charge on any atom is -0.335 e. The van der Waals surface area contributed by atoms with Gasteiger partial charge in [-0.25, -0.2) is 4.79 Å². The molecule has 8 heteroatoms. The lowest BCUT2D eigenvalue weighted by atomic mass is 9.96. The summed E-state index contributed by atoms with van der Waals surface area (Å²) in [5.74, 6) is 0.451. The Balaban J connectivity index is 1.61. The van der Waals surface area contributed by atoms with Gasteiger partial charge in [-0.2, -0.15) is 0 Å². The molecule has 156 valence electrons. The van der Waals surface area contributed by atoms with E-state index in [1.165, 1.54) is 18.2 Å². The molecule has 0 saturated heterocycles. The van der Waals surface area contributed by atoms with Crippen molar-refractivity contribution in [3.63, 3.8) is 0 Å². The molecular formula is C21H29N5O2S. The van der Waals surface area contributed by atoms with E-state index in [1.807, 2.05) is 36.6 Å². The summed E-state index contributed by atoms with van der Waals surface area (Å²) in [5.41, 5.74) is 2.15. The predicted molar refractivity (Wildman–Crippen MR) is 115 cm³/mol. The number of nitrogens with zero attached hydrogens (tertiary/aromatic N) is 3. The molecule has 1 aliphatic rings. The number of rotatable bonds is 6. The molecule has 0 spiro atoms. The Morgan fingerprint density at radius 1 is 1.24 bits per heavy atom. The van der Waals surface area contributed by atoms with E-state index >= 15 is 0 Å². The Labute approximate surface area is 176 Å². The van der Waals surface area contributed by atoms with E-state index in [2.05, 4.69) is 26.9 Å². The van der Waals surface area contributed by atoms with E-state index in [4.69, 9.17) is 0 Å². The summed E-state index contributed by atoms with van der Waals surface area (Å²) in [7, 11) is 0. The summed E-state index contributed by atoms with van der Waals surface area (Å²) in [6.45, 7) is 6.52. The third-order valence-corrected chi connectivity index (χ3v) is 6.22. The number of amides is 3. The molecule has 7 nitrogen and oxygen atoms in total. The number of benzene rings is 1. The van der Waals surface area contributed by atoms with Gasteiger partial charge in [0, 0.05) is 18.2 Å². The van der Waals surface area contributed by atoms with Crippen molar-refractivity contribution in [3.8, 4) is 11.4 Å². The Bertz CT molecular complexity index is 861. The fraction of sp³-hybridized carbons (Fsp3) is 0.524. The molecule has 3 rings (SSSR count). The summed E-state index contributed by atoms with van der Waals surface area (Å²) in [6, 6.07) is 7.86. The lowest BCUT2D eigenvalue weighted by Gasteiger charge is -2.23. The van der Waals surface area contributed by atoms with E-state index in [1.54, 1.807) is 6.92 Å². The molecule has 1 unspecified atom stereocenters. The van der Waals surface area contributed by atoms with Crippen LogP contribution in [0.5, 0.6) is 0 Å². The average molecular weight is 416 g/mol. The van der Waals surface area contributed by atoms with Crippen LogP contribution >= 0.6 is 11.8 Å². The van der Waals surface area contributed by atoms with Crippen molar-refractivity contribution in [1.82, 2.24) is 25.4 Å². The molecule has 0 aliphatic heterocycles. The molecule has 29 heavy (non-hydrogen) atoms. The van der Waals surface area contributed by atoms with Crippen molar-refractivity contribution < 1.29 is 9.59 Å². The van der Waals surface area contributed by atoms with Crippen LogP contribution in [0.2, 0.25) is 0 Å². The number of imide groups is 1. The molecule has 1 fully saturated rings. The van der Waals surface area contributed by atoms with Crippen LogP contribution in [0.3, 0.4) is 0 Å². The van der Waals surface area contributed by atoms with Gasteiger partial charge in [0.25, 0.3) is 0 Å². The number of carbonyl (C=O) groups excluding carboxylic acids is 2. The van der Waals surface area contributed by atoms with E-state index in [0.29, 0.717) is 11.7 Å². The molecule has 1 heterocycles. The van der Waals surface area contributed by atoms with Gasteiger partial charge in [-0.1, -0.05) is 54.8 Å². The van der Waals surface area contributed by atoms with E-state index in [-0.39, 0.29) is 11.9 Å². The van der Waals surface area contributed by atoms with Gasteiger partial charge in [-0.05, 0) is 39.7 Å². The number of nitrogens with one attached hydrogen (secondary N) is 2. The number of urea groups is 1. The molecule has 1 atom stereocenters. The maximum absolute atomic E-state index is 12.5. The first-order valence-electron chi connectivity index (χ1n) is 10.3. The molecule has 1 saturated carbocycles. The van der Waals surface area contributed by atoms with Gasteiger partial charge in [0.15, 0.2) is 11.0 Å². The minimum atomic E-state index is -0.466. The monoisotopic (exact) mass is 415 g/mol. The summed E-state index contributed by atoms with van der Waals surface area (Å²) < 4.78 is 1.99. The molecular weight excluding hydrogens is 386 g/mol. The first kappa shape index (κ1) is 21.4. The molecule has 2 aromatic rings. The van der Waals surface area contributed by atoms with Crippen molar-refractivity contribution in [2.24, 2.45) is 0 Å². The minimum absolute atomic E-state index is 0.166. The Kier molecular flexibility index (Phi) is 7.30. The van der Waals surface area contributed by atoms with Crippen molar-refractivity contribution in [2.75, 3.05) is 0 Å². The zero-order chi connectivity index (χ0) is 20.8. The Hall–Kier alpha value is -2.35. The molecule has 0 bridgehead atoms. The number of aromatic nitrogens is 3. The van der Waals surface area contributed by atoms with E-state index in [0.717, 1.165) is 42.6 Å². The van der Waals surface area contributed by atoms with Crippen LogP contribution in [-0.2, 0) is 11.3 Å². The van der Waals surface area contributed by atoms with Crippen LogP contribution in [-0.4, -0.2) is 38.0 Å². The third kappa shape index (κ3) is 5.59. The van der Waals surface area contributed by atoms with Crippen LogP contribution in [0.1, 0.15) is 51.5 Å². The molecule has 0 radical (unpaired) electrons. The topological polar surface area (TPSA) is 88.9 Å². The highest BCUT2D eigenvalue weighted by atomic mass is 32.2. The van der Waals surface area contributed by atoms with Gasteiger partial charge in [0.1, 0.15) is 0 Å². The van der Waals surface area contributed by atoms with Crippen molar-refractivity contribution in [1.29, 1.82) is 0 Å². The fourth-order valence-corrected chi connectivity index (χ4v) is 4.47. The second-order valence-corrected chi connectivity index (χ2v) is 8.79. The van der Waals surface area contributed by atoms with Crippen LogP contribution in [0.4, 0.5) is 4.79 Å². The largest absolute Gasteiger partial charge is 0.335 e. The number of hydrogen-bond donors (Lipinski definition) is 2. The highest BCUT2D eigenvalue weighted by molar-refractivity contribution is 8.00. The van der Waals surface area contributed by atoms with Crippen LogP contribution in [0, 0.1) is 6.92 Å². The maximum Gasteiger partial charge on any atom is 0.321 e. The van der Waals surface area contributed by atoms with Gasteiger partial charge in [0.05, 0.1) is 5.25 Å². The smallest absolute Gasteiger partial charge is 0.321 e. The van der Waals surface area contributed by atoms with Gasteiger partial charge >= 0.3 is 6.03 Å². The van der Waals surface area contributed by atoms with E-state index in [9.17, 15) is 9.59 Å². The lowest BCUT2D eigenvalue weighted by molar-refractivity contribution is -0.119. The predicted octanol–water partition coefficient (Wildman–Crippen LogP) is 3.91. The second-order valence-electron chi connectivity index (χ2n) is 7.48. The van der Waals surface area contributed by atoms with Crippen molar-refractivity contribution in [2.45, 2.75) is 75.9 Å². The molecule has 1 aliphatic carbocycles. The van der Waals surface area contributed by atoms with E-state index < -0.39 is 11.3 Å². The third-order valence-electron chi connectivity index (χ3n) is 5.14. The highest BCUT2D eigenvalue weighted by Crippen LogP contribution is 2.27. The van der Waals surface area contributed by atoms with Gasteiger partial charge < -0.3 is 9.88 Å². The number of aryl methyl sites for hydroxylation is 1. The Morgan fingerprint density at radius 3 is 2.69 bits per heavy atom. The Morgan fingerprint density at radius 2 is 2.00 bits per heavy atom. The van der Waals surface area contributed by atoms with Crippen molar-refractivity contribution in [3.05, 3.63) is 29.8 Å². The summed E-state index contributed by atoms with van der Waals surface area (Å²) in [4.78, 5) is 24.6. The van der Waals surface area contributed by atoms with Crippen LogP contribution < -0.4 is 10.6 Å². The van der Waals surface area contributed by atoms with Gasteiger partial charge in [-0.3, -0.25) is 10.1 Å². The van der Waals surface area contributed by atoms with Crippen molar-refractivity contribution >= 4 is 23.7 Å². The number of carbonyl (C=O) groups is 2. The summed E-state index contributed by atoms with van der Waals surface area (Å²) >= 11 is 1.31. The number of thioether (sulfide) groups is 1. The zero-order valence-corrected chi connectivity index (χ0v) is 18.1. The quantitative estimate of drug-likeness (QED) is 0.698. The average Bonchev–Trinajstić information content (AvgIpc) is 3.11. The summed E-state index contributed by atoms with van der Waals surface area (Å²) in [6.07, 6.45) is 5.43. The first-order valence-corrected chi connectivity index (χ1v) is 11.1. The van der Waals surface area contributed by atoms with Gasteiger partial charge in [0.2, 0.25) is 5.91 Å². The molecule has 1 aromatic heterocycles. The maximum atomic E-state index is 12.5. The normalized spacial score (nSPS) is 15.7. The first-order chi connectivity index (χ1) is 14.0. The summed E-state index contributed by atoms with van der Waals surface area (Å²) in [5, 5.41) is 14.2. The van der Waals surface area contributed by atoms with Gasteiger partial charge in [-0.15, -0.1) is 10.2 Å². The second kappa shape index (κ2) is 9.91. The zero-order valence-electron chi connectivity index (χ0n) is 17.3. The lowest BCUT2D eigenvalue weighted by Crippen LogP contribution is -2.47. The van der Waals surface area contributed by atoms with Crippen LogP contribution in [0.25, 0.3) is 11.4 Å². The SMILES string of the molecule is CCn1c(SC(C)C(=O)NC(=O)NC2CCCCC2)nnc1-c1cccc(C)c1. The van der Waals surface area contributed by atoms with Crippen LogP contribution in [0.15, 0.2) is 29.4 Å². The molecule has 2 N–H and O–H groups in total. The molecule has 3 amide bonds. The standard InChI is InChI=1S/C21H29N5O2S/c1-4-26-18(16-10-8-9-14(2)13-16)24-25-21(26)29-15(3)19(27)23-20(28)22-17-11-6-5-7-12-17/h8-10,13,15,17H,4-7,11-12H2,1-3H3,(H2,22,23,27,28). The number of hydrogen-bond acceptors (Lipinski definition) is 5. The fourth-order valence-electron chi connectivity index (χ4n) is 3.55.